The van der Waals surface area contributed by atoms with Crippen LogP contribution in [-0.4, -0.2) is 48.1 Å². The van der Waals surface area contributed by atoms with Gasteiger partial charge in [0.25, 0.3) is 5.91 Å². The summed E-state index contributed by atoms with van der Waals surface area (Å²) in [7, 11) is 2.17. The van der Waals surface area contributed by atoms with Crippen molar-refractivity contribution in [2.75, 3.05) is 25.0 Å². The van der Waals surface area contributed by atoms with Crippen LogP contribution in [0.15, 0.2) is 36.5 Å². The topological polar surface area (TPSA) is 45.7 Å². The van der Waals surface area contributed by atoms with Gasteiger partial charge in [0.1, 0.15) is 6.10 Å². The van der Waals surface area contributed by atoms with E-state index in [1.807, 2.05) is 4.90 Å². The van der Waals surface area contributed by atoms with E-state index in [1.54, 1.807) is 18.3 Å². The Morgan fingerprint density at radius 3 is 2.85 bits per heavy atom. The molecule has 1 aromatic carbocycles. The molecule has 1 aliphatic carbocycles. The second-order valence-corrected chi connectivity index (χ2v) is 8.16. The summed E-state index contributed by atoms with van der Waals surface area (Å²) in [6.07, 6.45) is 5.11. The van der Waals surface area contributed by atoms with Crippen molar-refractivity contribution in [1.82, 2.24) is 9.88 Å². The molecule has 27 heavy (non-hydrogen) atoms. The summed E-state index contributed by atoms with van der Waals surface area (Å²) in [6.45, 7) is 4.14. The highest BCUT2D eigenvalue weighted by Gasteiger charge is 2.44. The average molecular weight is 363 g/mol. The monoisotopic (exact) mass is 363 g/mol. The number of likely N-dealkylation sites (N-methyl/N-ethyl adjacent to an activating group) is 1. The first-order valence-electron chi connectivity index (χ1n) is 9.85. The smallest absolute Gasteiger partial charge is 0.258 e. The second kappa shape index (κ2) is 6.34. The Bertz CT molecular complexity index is 893. The van der Waals surface area contributed by atoms with E-state index in [4.69, 9.17) is 4.74 Å². The number of hydrogen-bond acceptors (Lipinski definition) is 4. The molecular formula is C22H25N3O2. The number of fused-ring (bicyclic) bond motifs is 3. The van der Waals surface area contributed by atoms with Gasteiger partial charge in [0.2, 0.25) is 5.88 Å². The molecule has 140 valence electrons. The molecule has 0 spiro atoms. The van der Waals surface area contributed by atoms with Crippen molar-refractivity contribution < 1.29 is 9.53 Å². The first-order chi connectivity index (χ1) is 13.1. The molecule has 2 atom stereocenters. The molecule has 2 fully saturated rings. The van der Waals surface area contributed by atoms with Crippen LogP contribution in [0.3, 0.4) is 0 Å². The lowest BCUT2D eigenvalue weighted by atomic mass is 9.89. The lowest BCUT2D eigenvalue weighted by Gasteiger charge is -2.36. The van der Waals surface area contributed by atoms with E-state index in [0.29, 0.717) is 17.4 Å². The zero-order valence-electron chi connectivity index (χ0n) is 15.9. The molecule has 5 rings (SSSR count). The van der Waals surface area contributed by atoms with Crippen LogP contribution in [0.25, 0.3) is 0 Å². The van der Waals surface area contributed by atoms with Gasteiger partial charge in [-0.1, -0.05) is 17.7 Å². The molecule has 0 radical (unpaired) electrons. The van der Waals surface area contributed by atoms with Crippen LogP contribution >= 0.6 is 0 Å². The quantitative estimate of drug-likeness (QED) is 0.839. The normalized spacial score (nSPS) is 24.4. The van der Waals surface area contributed by atoms with E-state index in [0.717, 1.165) is 38.0 Å². The molecule has 1 saturated heterocycles. The van der Waals surface area contributed by atoms with Gasteiger partial charge in [-0.25, -0.2) is 4.98 Å². The molecule has 3 heterocycles. The summed E-state index contributed by atoms with van der Waals surface area (Å²) in [5.41, 5.74) is 4.28. The van der Waals surface area contributed by atoms with Crippen molar-refractivity contribution in [3.8, 4) is 5.88 Å². The summed E-state index contributed by atoms with van der Waals surface area (Å²) in [6, 6.07) is 10.3. The predicted molar refractivity (Wildman–Crippen MR) is 105 cm³/mol. The third-order valence-electron chi connectivity index (χ3n) is 5.97. The number of aromatic nitrogens is 1. The summed E-state index contributed by atoms with van der Waals surface area (Å²) < 4.78 is 5.80. The van der Waals surface area contributed by atoms with Gasteiger partial charge < -0.3 is 14.5 Å². The van der Waals surface area contributed by atoms with E-state index < -0.39 is 0 Å². The van der Waals surface area contributed by atoms with Crippen molar-refractivity contribution >= 4 is 11.6 Å². The van der Waals surface area contributed by atoms with Crippen molar-refractivity contribution in [3.63, 3.8) is 0 Å². The number of aryl methyl sites for hydroxylation is 1. The first-order valence-corrected chi connectivity index (χ1v) is 9.85. The number of benzene rings is 1. The van der Waals surface area contributed by atoms with E-state index in [1.165, 1.54) is 11.1 Å². The van der Waals surface area contributed by atoms with Gasteiger partial charge in [-0.15, -0.1) is 0 Å². The number of piperidine rings is 1. The molecule has 5 nitrogen and oxygen atoms in total. The van der Waals surface area contributed by atoms with Gasteiger partial charge in [-0.2, -0.15) is 0 Å². The molecule has 1 aromatic heterocycles. The van der Waals surface area contributed by atoms with Crippen LogP contribution in [0.2, 0.25) is 0 Å². The molecule has 2 aliphatic heterocycles. The molecule has 3 aliphatic rings. The fourth-order valence-electron chi connectivity index (χ4n) is 4.45. The fourth-order valence-corrected chi connectivity index (χ4v) is 4.45. The van der Waals surface area contributed by atoms with Gasteiger partial charge in [0.05, 0.1) is 0 Å². The average Bonchev–Trinajstić information content (AvgIpc) is 3.42. The second-order valence-electron chi connectivity index (χ2n) is 8.16. The molecule has 1 saturated carbocycles. The Morgan fingerprint density at radius 1 is 1.19 bits per heavy atom. The number of pyridine rings is 1. The zero-order chi connectivity index (χ0) is 18.5. The lowest BCUT2D eigenvalue weighted by Crippen LogP contribution is -2.47. The van der Waals surface area contributed by atoms with E-state index in [9.17, 15) is 4.79 Å². The molecule has 0 N–H and O–H groups in total. The first kappa shape index (κ1) is 16.8. The molecule has 0 unspecified atom stereocenters. The maximum atomic E-state index is 13.5. The summed E-state index contributed by atoms with van der Waals surface area (Å²) in [5, 5.41) is 0. The summed E-state index contributed by atoms with van der Waals surface area (Å²) in [4.78, 5) is 22.2. The van der Waals surface area contributed by atoms with Gasteiger partial charge in [0, 0.05) is 42.0 Å². The van der Waals surface area contributed by atoms with Crippen molar-refractivity contribution in [1.29, 1.82) is 0 Å². The zero-order valence-corrected chi connectivity index (χ0v) is 15.9. The number of amides is 1. The number of carbonyl (C=O) groups excluding carboxylic acids is 1. The minimum atomic E-state index is 0.0557. The molecule has 2 aromatic rings. The van der Waals surface area contributed by atoms with Crippen molar-refractivity contribution in [2.45, 2.75) is 44.2 Å². The number of anilines is 1. The van der Waals surface area contributed by atoms with Crippen LogP contribution in [0.5, 0.6) is 5.88 Å². The predicted octanol–water partition coefficient (Wildman–Crippen LogP) is 3.38. The molecule has 0 bridgehead atoms. The Balaban J connectivity index is 1.51. The highest BCUT2D eigenvalue weighted by atomic mass is 16.5. The van der Waals surface area contributed by atoms with Gasteiger partial charge in [-0.05, 0) is 57.5 Å². The van der Waals surface area contributed by atoms with E-state index in [2.05, 4.69) is 42.1 Å². The van der Waals surface area contributed by atoms with Gasteiger partial charge in [-0.3, -0.25) is 4.79 Å². The Morgan fingerprint density at radius 2 is 2.04 bits per heavy atom. The SMILES string of the molecule is Cc1ccc2c(c1)[C@H]1CN(C)CC[C@H]1N2C(=O)c1ccnc(OC2CC2)c1. The van der Waals surface area contributed by atoms with Crippen LogP contribution in [-0.2, 0) is 0 Å². The highest BCUT2D eigenvalue weighted by molar-refractivity contribution is 6.08. The minimum absolute atomic E-state index is 0.0557. The lowest BCUT2D eigenvalue weighted by molar-refractivity contribution is 0.0964. The molecule has 1 amide bonds. The van der Waals surface area contributed by atoms with Crippen molar-refractivity contribution in [2.24, 2.45) is 0 Å². The van der Waals surface area contributed by atoms with Gasteiger partial charge >= 0.3 is 0 Å². The Kier molecular flexibility index (Phi) is 3.93. The standard InChI is InChI=1S/C22H25N3O2/c1-14-3-6-19-17(11-14)18-13-24(2)10-8-20(18)25(19)22(26)15-7-9-23-21(12-15)27-16-4-5-16/h3,6-7,9,11-12,16,18,20H,4-5,8,10,13H2,1-2H3/t18-,20-/m1/s1. The summed E-state index contributed by atoms with van der Waals surface area (Å²) >= 11 is 0. The number of hydrogen-bond donors (Lipinski definition) is 0. The van der Waals surface area contributed by atoms with Crippen LogP contribution in [0.1, 0.15) is 46.7 Å². The van der Waals surface area contributed by atoms with Crippen LogP contribution in [0.4, 0.5) is 5.69 Å². The number of carbonyl (C=O) groups is 1. The van der Waals surface area contributed by atoms with Crippen LogP contribution < -0.4 is 9.64 Å². The number of likely N-dealkylation sites (tertiary alicyclic amines) is 1. The molecular weight excluding hydrogens is 338 g/mol. The third-order valence-corrected chi connectivity index (χ3v) is 5.97. The summed E-state index contributed by atoms with van der Waals surface area (Å²) in [5.74, 6) is 0.999. The largest absolute Gasteiger partial charge is 0.474 e. The number of nitrogens with zero attached hydrogens (tertiary/aromatic N) is 3. The highest BCUT2D eigenvalue weighted by Crippen LogP contribution is 2.45. The minimum Gasteiger partial charge on any atom is -0.474 e. The molecule has 5 heteroatoms. The van der Waals surface area contributed by atoms with E-state index in [-0.39, 0.29) is 18.1 Å². The maximum absolute atomic E-state index is 13.5. The number of rotatable bonds is 3. The Hall–Kier alpha value is -2.40. The van der Waals surface area contributed by atoms with Crippen molar-refractivity contribution in [3.05, 3.63) is 53.2 Å². The third kappa shape index (κ3) is 3.00. The fraction of sp³-hybridized carbons (Fsp3) is 0.455. The van der Waals surface area contributed by atoms with Gasteiger partial charge in [0.15, 0.2) is 0 Å². The van der Waals surface area contributed by atoms with Crippen LogP contribution in [0, 0.1) is 6.92 Å². The maximum Gasteiger partial charge on any atom is 0.258 e. The Labute approximate surface area is 159 Å². The van der Waals surface area contributed by atoms with E-state index >= 15 is 0 Å². The number of ether oxygens (including phenoxy) is 1.